The van der Waals surface area contributed by atoms with Crippen LogP contribution in [0.5, 0.6) is 0 Å². The fourth-order valence-corrected chi connectivity index (χ4v) is 1.90. The summed E-state index contributed by atoms with van der Waals surface area (Å²) < 4.78 is 0. The van der Waals surface area contributed by atoms with Gasteiger partial charge < -0.3 is 10.2 Å². The minimum atomic E-state index is 0.440. The van der Waals surface area contributed by atoms with Crippen molar-refractivity contribution in [1.29, 1.82) is 0 Å². The van der Waals surface area contributed by atoms with Gasteiger partial charge in [0.05, 0.1) is 0 Å². The van der Waals surface area contributed by atoms with Gasteiger partial charge in [-0.3, -0.25) is 0 Å². The molecule has 0 saturated carbocycles. The van der Waals surface area contributed by atoms with Gasteiger partial charge in [0.25, 0.3) is 0 Å². The second kappa shape index (κ2) is 6.57. The third-order valence-electron chi connectivity index (χ3n) is 2.74. The van der Waals surface area contributed by atoms with Crippen molar-refractivity contribution in [3.63, 3.8) is 0 Å². The number of hydrogen-bond acceptors (Lipinski definition) is 4. The Hall–Kier alpha value is -1.32. The van der Waals surface area contributed by atoms with Gasteiger partial charge in [0, 0.05) is 30.9 Å². The SMILES string of the molecule is CCNc1ncc(C)c(N(CC(C)C)C(C)C)n1. The molecule has 0 bridgehead atoms. The molecule has 1 heterocycles. The Morgan fingerprint density at radius 1 is 1.28 bits per heavy atom. The van der Waals surface area contributed by atoms with E-state index in [0.29, 0.717) is 17.9 Å². The number of aryl methyl sites for hydroxylation is 1. The van der Waals surface area contributed by atoms with E-state index in [2.05, 4.69) is 61.7 Å². The Balaban J connectivity index is 3.05. The summed E-state index contributed by atoms with van der Waals surface area (Å²) in [6.07, 6.45) is 1.90. The van der Waals surface area contributed by atoms with Gasteiger partial charge in [0.1, 0.15) is 5.82 Å². The van der Waals surface area contributed by atoms with Gasteiger partial charge in [-0.1, -0.05) is 13.8 Å². The monoisotopic (exact) mass is 250 g/mol. The minimum absolute atomic E-state index is 0.440. The van der Waals surface area contributed by atoms with E-state index in [0.717, 1.165) is 24.5 Å². The van der Waals surface area contributed by atoms with Gasteiger partial charge >= 0.3 is 0 Å². The number of nitrogens with zero attached hydrogens (tertiary/aromatic N) is 3. The molecule has 0 saturated heterocycles. The molecule has 4 heteroatoms. The summed E-state index contributed by atoms with van der Waals surface area (Å²) in [5, 5.41) is 3.17. The fraction of sp³-hybridized carbons (Fsp3) is 0.714. The first-order valence-corrected chi connectivity index (χ1v) is 6.79. The molecular weight excluding hydrogens is 224 g/mol. The third-order valence-corrected chi connectivity index (χ3v) is 2.74. The highest BCUT2D eigenvalue weighted by Gasteiger charge is 2.16. The van der Waals surface area contributed by atoms with E-state index >= 15 is 0 Å². The van der Waals surface area contributed by atoms with Crippen LogP contribution in [0.1, 0.15) is 40.2 Å². The smallest absolute Gasteiger partial charge is 0.224 e. The maximum Gasteiger partial charge on any atom is 0.224 e. The highest BCUT2D eigenvalue weighted by atomic mass is 15.2. The van der Waals surface area contributed by atoms with E-state index in [4.69, 9.17) is 0 Å². The van der Waals surface area contributed by atoms with E-state index in [1.54, 1.807) is 0 Å². The zero-order chi connectivity index (χ0) is 13.7. The standard InChI is InChI=1S/C14H26N4/c1-7-15-14-16-8-12(6)13(17-14)18(11(4)5)9-10(2)3/h8,10-11H,7,9H2,1-6H3,(H,15,16,17). The minimum Gasteiger partial charge on any atom is -0.354 e. The molecule has 1 rings (SSSR count). The van der Waals surface area contributed by atoms with Gasteiger partial charge in [-0.05, 0) is 33.6 Å². The molecule has 0 radical (unpaired) electrons. The summed E-state index contributed by atoms with van der Waals surface area (Å²) in [6.45, 7) is 14.9. The predicted molar refractivity (Wildman–Crippen MR) is 78.3 cm³/mol. The van der Waals surface area contributed by atoms with Gasteiger partial charge in [-0.15, -0.1) is 0 Å². The average Bonchev–Trinajstić information content (AvgIpc) is 2.28. The van der Waals surface area contributed by atoms with Crippen molar-refractivity contribution < 1.29 is 0 Å². The molecular formula is C14H26N4. The van der Waals surface area contributed by atoms with E-state index in [-0.39, 0.29) is 0 Å². The summed E-state index contributed by atoms with van der Waals surface area (Å²) in [4.78, 5) is 11.3. The lowest BCUT2D eigenvalue weighted by atomic mass is 10.1. The molecule has 0 fully saturated rings. The topological polar surface area (TPSA) is 41.1 Å². The Bertz CT molecular complexity index is 374. The summed E-state index contributed by atoms with van der Waals surface area (Å²) in [5.74, 6) is 2.38. The van der Waals surface area contributed by atoms with Crippen LogP contribution >= 0.6 is 0 Å². The molecule has 4 nitrogen and oxygen atoms in total. The Kier molecular flexibility index (Phi) is 5.38. The summed E-state index contributed by atoms with van der Waals surface area (Å²) >= 11 is 0. The molecule has 0 amide bonds. The van der Waals surface area contributed by atoms with Crippen LogP contribution in [0, 0.1) is 12.8 Å². The van der Waals surface area contributed by atoms with E-state index in [1.165, 1.54) is 0 Å². The Morgan fingerprint density at radius 2 is 1.94 bits per heavy atom. The second-order valence-electron chi connectivity index (χ2n) is 5.37. The number of nitrogens with one attached hydrogen (secondary N) is 1. The van der Waals surface area contributed by atoms with Crippen molar-refractivity contribution >= 4 is 11.8 Å². The van der Waals surface area contributed by atoms with E-state index < -0.39 is 0 Å². The molecule has 0 unspecified atom stereocenters. The van der Waals surface area contributed by atoms with Crippen LogP contribution in [-0.4, -0.2) is 29.1 Å². The second-order valence-corrected chi connectivity index (χ2v) is 5.37. The number of aromatic nitrogens is 2. The summed E-state index contributed by atoms with van der Waals surface area (Å²) in [6, 6.07) is 0.440. The number of anilines is 2. The molecule has 0 spiro atoms. The molecule has 1 N–H and O–H groups in total. The van der Waals surface area contributed by atoms with Crippen LogP contribution in [0.15, 0.2) is 6.20 Å². The lowest BCUT2D eigenvalue weighted by molar-refractivity contribution is 0.564. The molecule has 1 aromatic heterocycles. The van der Waals surface area contributed by atoms with Crippen molar-refractivity contribution in [3.05, 3.63) is 11.8 Å². The van der Waals surface area contributed by atoms with Crippen LogP contribution in [-0.2, 0) is 0 Å². The van der Waals surface area contributed by atoms with Gasteiger partial charge in [0.15, 0.2) is 0 Å². The Morgan fingerprint density at radius 3 is 2.44 bits per heavy atom. The van der Waals surface area contributed by atoms with Gasteiger partial charge in [-0.25, -0.2) is 4.98 Å². The number of hydrogen-bond donors (Lipinski definition) is 1. The zero-order valence-corrected chi connectivity index (χ0v) is 12.5. The zero-order valence-electron chi connectivity index (χ0n) is 12.5. The molecule has 1 aromatic rings. The highest BCUT2D eigenvalue weighted by molar-refractivity contribution is 5.49. The van der Waals surface area contributed by atoms with Crippen molar-refractivity contribution in [2.24, 2.45) is 5.92 Å². The lowest BCUT2D eigenvalue weighted by Gasteiger charge is -2.30. The normalized spacial score (nSPS) is 11.1. The molecule has 0 aliphatic heterocycles. The van der Waals surface area contributed by atoms with Crippen molar-refractivity contribution in [3.8, 4) is 0 Å². The quantitative estimate of drug-likeness (QED) is 0.842. The summed E-state index contributed by atoms with van der Waals surface area (Å²) in [5.41, 5.74) is 1.13. The molecule has 0 aromatic carbocycles. The number of rotatable bonds is 6. The maximum atomic E-state index is 4.64. The molecule has 18 heavy (non-hydrogen) atoms. The van der Waals surface area contributed by atoms with Gasteiger partial charge in [0.2, 0.25) is 5.95 Å². The first kappa shape index (κ1) is 14.7. The molecule has 0 atom stereocenters. The molecule has 102 valence electrons. The first-order valence-electron chi connectivity index (χ1n) is 6.79. The van der Waals surface area contributed by atoms with E-state index in [1.807, 2.05) is 6.20 Å². The maximum absolute atomic E-state index is 4.64. The van der Waals surface area contributed by atoms with E-state index in [9.17, 15) is 0 Å². The van der Waals surface area contributed by atoms with Crippen LogP contribution in [0.3, 0.4) is 0 Å². The van der Waals surface area contributed by atoms with Gasteiger partial charge in [-0.2, -0.15) is 4.98 Å². The van der Waals surface area contributed by atoms with Crippen molar-refractivity contribution in [1.82, 2.24) is 9.97 Å². The van der Waals surface area contributed by atoms with Crippen molar-refractivity contribution in [2.75, 3.05) is 23.3 Å². The first-order chi connectivity index (χ1) is 8.45. The van der Waals surface area contributed by atoms with Crippen LogP contribution < -0.4 is 10.2 Å². The third kappa shape index (κ3) is 3.86. The fourth-order valence-electron chi connectivity index (χ4n) is 1.90. The summed E-state index contributed by atoms with van der Waals surface area (Å²) in [7, 11) is 0. The van der Waals surface area contributed by atoms with Crippen LogP contribution in [0.25, 0.3) is 0 Å². The molecule has 0 aliphatic rings. The Labute approximate surface area is 111 Å². The molecule has 0 aliphatic carbocycles. The lowest BCUT2D eigenvalue weighted by Crippen LogP contribution is -2.35. The van der Waals surface area contributed by atoms with Crippen LogP contribution in [0.2, 0.25) is 0 Å². The predicted octanol–water partition coefficient (Wildman–Crippen LogP) is 3.09. The highest BCUT2D eigenvalue weighted by Crippen LogP contribution is 2.21. The largest absolute Gasteiger partial charge is 0.354 e. The van der Waals surface area contributed by atoms with Crippen molar-refractivity contribution in [2.45, 2.75) is 47.6 Å². The van der Waals surface area contributed by atoms with Crippen LogP contribution in [0.4, 0.5) is 11.8 Å². The average molecular weight is 250 g/mol.